The number of ether oxygens (including phenoxy) is 1. The smallest absolute Gasteiger partial charge is 0.243 e. The van der Waals surface area contributed by atoms with Crippen molar-refractivity contribution in [2.24, 2.45) is 17.6 Å². The van der Waals surface area contributed by atoms with Crippen molar-refractivity contribution in [1.82, 2.24) is 10.1 Å². The summed E-state index contributed by atoms with van der Waals surface area (Å²) in [7, 11) is 0. The molecule has 5 heteroatoms. The summed E-state index contributed by atoms with van der Waals surface area (Å²) < 4.78 is 11.3. The third-order valence-corrected chi connectivity index (χ3v) is 4.68. The molecule has 0 amide bonds. The first-order valence-electron chi connectivity index (χ1n) is 8.38. The predicted molar refractivity (Wildman–Crippen MR) is 81.6 cm³/mol. The molecule has 2 rings (SSSR count). The van der Waals surface area contributed by atoms with Crippen LogP contribution in [0.5, 0.6) is 0 Å². The highest BCUT2D eigenvalue weighted by atomic mass is 16.5. The Labute approximate surface area is 127 Å². The first kappa shape index (κ1) is 16.4. The minimum absolute atomic E-state index is 0.0445. The van der Waals surface area contributed by atoms with Gasteiger partial charge in [0.2, 0.25) is 11.7 Å². The molecule has 120 valence electrons. The zero-order chi connectivity index (χ0) is 15.2. The van der Waals surface area contributed by atoms with Crippen LogP contribution in [0.2, 0.25) is 0 Å². The van der Waals surface area contributed by atoms with E-state index in [1.807, 2.05) is 6.92 Å². The lowest BCUT2D eigenvalue weighted by Crippen LogP contribution is -2.21. The zero-order valence-corrected chi connectivity index (χ0v) is 13.5. The zero-order valence-electron chi connectivity index (χ0n) is 13.5. The molecule has 3 atom stereocenters. The first-order valence-corrected chi connectivity index (χ1v) is 8.38. The average Bonchev–Trinajstić information content (AvgIpc) is 3.01. The van der Waals surface area contributed by atoms with Crippen LogP contribution in [0, 0.1) is 11.8 Å². The highest BCUT2D eigenvalue weighted by Crippen LogP contribution is 2.36. The van der Waals surface area contributed by atoms with E-state index in [4.69, 9.17) is 15.0 Å². The van der Waals surface area contributed by atoms with Crippen LogP contribution < -0.4 is 5.73 Å². The Bertz CT molecular complexity index is 415. The number of nitrogens with two attached hydrogens (primary N) is 1. The van der Waals surface area contributed by atoms with Crippen LogP contribution in [0.1, 0.15) is 83.2 Å². The van der Waals surface area contributed by atoms with E-state index in [2.05, 4.69) is 24.0 Å². The molecular weight excluding hydrogens is 266 g/mol. The molecule has 0 spiro atoms. The summed E-state index contributed by atoms with van der Waals surface area (Å²) in [6.45, 7) is 6.91. The largest absolute Gasteiger partial charge is 0.370 e. The molecule has 5 nitrogen and oxygen atoms in total. The third-order valence-electron chi connectivity index (χ3n) is 4.68. The maximum absolute atomic E-state index is 6.18. The van der Waals surface area contributed by atoms with Crippen molar-refractivity contribution in [3.05, 3.63) is 11.7 Å². The van der Waals surface area contributed by atoms with Gasteiger partial charge in [0.15, 0.2) is 0 Å². The van der Waals surface area contributed by atoms with E-state index in [0.29, 0.717) is 30.2 Å². The topological polar surface area (TPSA) is 74.2 Å². The molecule has 2 N–H and O–H groups in total. The van der Waals surface area contributed by atoms with Gasteiger partial charge in [-0.25, -0.2) is 0 Å². The van der Waals surface area contributed by atoms with Crippen molar-refractivity contribution in [1.29, 1.82) is 0 Å². The molecule has 0 aromatic carbocycles. The van der Waals surface area contributed by atoms with Gasteiger partial charge in [-0.15, -0.1) is 0 Å². The Morgan fingerprint density at radius 2 is 2.00 bits per heavy atom. The van der Waals surface area contributed by atoms with Crippen LogP contribution in [-0.4, -0.2) is 16.7 Å². The fourth-order valence-corrected chi connectivity index (χ4v) is 3.03. The molecule has 0 aliphatic heterocycles. The van der Waals surface area contributed by atoms with Gasteiger partial charge in [0.05, 0.1) is 6.04 Å². The van der Waals surface area contributed by atoms with Gasteiger partial charge in [0.25, 0.3) is 0 Å². The van der Waals surface area contributed by atoms with E-state index in [0.717, 1.165) is 6.42 Å². The van der Waals surface area contributed by atoms with Gasteiger partial charge in [-0.05, 0) is 31.6 Å². The second-order valence-corrected chi connectivity index (χ2v) is 6.18. The Hall–Kier alpha value is -0.940. The minimum atomic E-state index is -0.190. The number of aromatic nitrogens is 2. The van der Waals surface area contributed by atoms with Gasteiger partial charge >= 0.3 is 0 Å². The summed E-state index contributed by atoms with van der Waals surface area (Å²) in [6, 6.07) is -0.190. The average molecular weight is 295 g/mol. The van der Waals surface area contributed by atoms with Crippen LogP contribution in [0.3, 0.4) is 0 Å². The quantitative estimate of drug-likeness (QED) is 0.828. The van der Waals surface area contributed by atoms with Crippen molar-refractivity contribution in [2.75, 3.05) is 6.61 Å². The summed E-state index contributed by atoms with van der Waals surface area (Å²) >= 11 is 0. The Morgan fingerprint density at radius 3 is 2.62 bits per heavy atom. The van der Waals surface area contributed by atoms with Crippen molar-refractivity contribution in [2.45, 2.75) is 71.4 Å². The SMILES string of the molecule is CCOC(c1noc([C@@H](N)C(C)CC)n1)C1CCCCC1. The van der Waals surface area contributed by atoms with E-state index < -0.39 is 0 Å². The molecule has 1 aliphatic carbocycles. The number of nitrogens with zero attached hydrogens (tertiary/aromatic N) is 2. The number of hydrogen-bond acceptors (Lipinski definition) is 5. The normalized spacial score (nSPS) is 21.1. The van der Waals surface area contributed by atoms with Gasteiger partial charge in [0.1, 0.15) is 6.10 Å². The second kappa shape index (κ2) is 7.90. The highest BCUT2D eigenvalue weighted by molar-refractivity contribution is 4.98. The van der Waals surface area contributed by atoms with Crippen LogP contribution in [0.4, 0.5) is 0 Å². The molecule has 1 aromatic heterocycles. The summed E-state index contributed by atoms with van der Waals surface area (Å²) in [5, 5.41) is 4.16. The van der Waals surface area contributed by atoms with Crippen molar-refractivity contribution in [3.63, 3.8) is 0 Å². The fraction of sp³-hybridized carbons (Fsp3) is 0.875. The van der Waals surface area contributed by atoms with Crippen molar-refractivity contribution >= 4 is 0 Å². The molecule has 0 bridgehead atoms. The van der Waals surface area contributed by atoms with Gasteiger partial charge < -0.3 is 15.0 Å². The molecule has 1 heterocycles. The van der Waals surface area contributed by atoms with E-state index >= 15 is 0 Å². The van der Waals surface area contributed by atoms with Crippen LogP contribution in [-0.2, 0) is 4.74 Å². The molecular formula is C16H29N3O2. The summed E-state index contributed by atoms with van der Waals surface area (Å²) in [4.78, 5) is 4.55. The number of rotatable bonds is 7. The molecule has 0 saturated heterocycles. The molecule has 0 radical (unpaired) electrons. The predicted octanol–water partition coefficient (Wildman–Crippen LogP) is 3.77. The van der Waals surface area contributed by atoms with Gasteiger partial charge in [-0.2, -0.15) is 4.98 Å². The van der Waals surface area contributed by atoms with Crippen LogP contribution in [0.25, 0.3) is 0 Å². The van der Waals surface area contributed by atoms with Crippen molar-refractivity contribution in [3.8, 4) is 0 Å². The van der Waals surface area contributed by atoms with Gasteiger partial charge in [0, 0.05) is 6.61 Å². The summed E-state index contributed by atoms with van der Waals surface area (Å²) in [5.74, 6) is 2.06. The van der Waals surface area contributed by atoms with Crippen molar-refractivity contribution < 1.29 is 9.26 Å². The van der Waals surface area contributed by atoms with Gasteiger partial charge in [-0.3, -0.25) is 0 Å². The lowest BCUT2D eigenvalue weighted by Gasteiger charge is -2.27. The summed E-state index contributed by atoms with van der Waals surface area (Å²) in [5.41, 5.74) is 6.18. The van der Waals surface area contributed by atoms with Gasteiger partial charge in [-0.1, -0.05) is 44.7 Å². The Morgan fingerprint density at radius 1 is 1.29 bits per heavy atom. The van der Waals surface area contributed by atoms with E-state index in [-0.39, 0.29) is 12.1 Å². The highest BCUT2D eigenvalue weighted by Gasteiger charge is 2.30. The molecule has 2 unspecified atom stereocenters. The molecule has 1 saturated carbocycles. The lowest BCUT2D eigenvalue weighted by atomic mass is 9.85. The van der Waals surface area contributed by atoms with E-state index in [1.165, 1.54) is 32.1 Å². The number of hydrogen-bond donors (Lipinski definition) is 1. The first-order chi connectivity index (χ1) is 10.2. The van der Waals surface area contributed by atoms with Crippen LogP contribution >= 0.6 is 0 Å². The fourth-order valence-electron chi connectivity index (χ4n) is 3.03. The summed E-state index contributed by atoms with van der Waals surface area (Å²) in [6.07, 6.45) is 7.19. The standard InChI is InChI=1S/C16H29N3O2/c1-4-11(3)13(17)16-18-15(19-21-16)14(20-5-2)12-9-7-6-8-10-12/h11-14H,4-10,17H2,1-3H3/t11?,13-,14?/m0/s1. The van der Waals surface area contributed by atoms with Crippen LogP contribution in [0.15, 0.2) is 4.52 Å². The third kappa shape index (κ3) is 4.04. The monoisotopic (exact) mass is 295 g/mol. The molecule has 1 aliphatic rings. The van der Waals surface area contributed by atoms with E-state index in [9.17, 15) is 0 Å². The maximum atomic E-state index is 6.18. The van der Waals surface area contributed by atoms with E-state index in [1.54, 1.807) is 0 Å². The molecule has 21 heavy (non-hydrogen) atoms. The maximum Gasteiger partial charge on any atom is 0.243 e. The second-order valence-electron chi connectivity index (χ2n) is 6.18. The molecule has 1 fully saturated rings. The Balaban J connectivity index is 2.11. The lowest BCUT2D eigenvalue weighted by molar-refractivity contribution is -0.00145. The Kier molecular flexibility index (Phi) is 6.18. The minimum Gasteiger partial charge on any atom is -0.370 e. The molecule has 1 aromatic rings.